The molecule has 30 heavy (non-hydrogen) atoms. The van der Waals surface area contributed by atoms with Gasteiger partial charge in [-0.2, -0.15) is 0 Å². The lowest BCUT2D eigenvalue weighted by atomic mass is 9.94. The molecule has 164 valence electrons. The molecule has 0 aliphatic rings. The minimum Gasteiger partial charge on any atom is -0.469 e. The van der Waals surface area contributed by atoms with Crippen LogP contribution in [0.5, 0.6) is 0 Å². The maximum atomic E-state index is 13.8. The molecule has 0 aliphatic heterocycles. The third-order valence-corrected chi connectivity index (χ3v) is 7.47. The first-order valence-electron chi connectivity index (χ1n) is 9.92. The summed E-state index contributed by atoms with van der Waals surface area (Å²) in [6, 6.07) is 8.88. The van der Waals surface area contributed by atoms with E-state index in [1.165, 1.54) is 13.2 Å². The van der Waals surface area contributed by atoms with E-state index in [4.69, 9.17) is 4.52 Å². The molecule has 0 radical (unpaired) electrons. The number of methoxy groups -OCH3 is 1. The molecule has 2 unspecified atom stereocenters. The lowest BCUT2D eigenvalue weighted by molar-refractivity contribution is -0.142. The van der Waals surface area contributed by atoms with Crippen molar-refractivity contribution in [1.82, 2.24) is 0 Å². The van der Waals surface area contributed by atoms with E-state index in [-0.39, 0.29) is 31.2 Å². The number of halogens is 1. The molecule has 0 bridgehead atoms. The Morgan fingerprint density at radius 2 is 1.87 bits per heavy atom. The third-order valence-electron chi connectivity index (χ3n) is 4.97. The van der Waals surface area contributed by atoms with Crippen LogP contribution in [-0.2, 0) is 24.8 Å². The van der Waals surface area contributed by atoms with E-state index in [0.29, 0.717) is 5.56 Å². The fourth-order valence-corrected chi connectivity index (χ4v) is 6.05. The molecule has 0 aliphatic carbocycles. The average Bonchev–Trinajstić information content (AvgIpc) is 2.65. The van der Waals surface area contributed by atoms with Crippen molar-refractivity contribution < 1.29 is 28.1 Å². The Morgan fingerprint density at radius 3 is 2.47 bits per heavy atom. The maximum Gasteiger partial charge on any atom is 0.308 e. The van der Waals surface area contributed by atoms with Gasteiger partial charge < -0.3 is 14.4 Å². The van der Waals surface area contributed by atoms with Gasteiger partial charge in [0.1, 0.15) is 5.82 Å². The second-order valence-corrected chi connectivity index (χ2v) is 10.1. The number of aliphatic hydroxyl groups is 1. The van der Waals surface area contributed by atoms with Crippen molar-refractivity contribution in [2.75, 3.05) is 19.9 Å². The summed E-state index contributed by atoms with van der Waals surface area (Å²) in [5.41, 5.74) is 5.01. The second-order valence-electron chi connectivity index (χ2n) is 7.58. The summed E-state index contributed by atoms with van der Waals surface area (Å²) in [5, 5.41) is 10.3. The zero-order valence-corrected chi connectivity index (χ0v) is 19.1. The van der Waals surface area contributed by atoms with E-state index in [9.17, 15) is 18.9 Å². The molecule has 2 aromatic rings. The topological polar surface area (TPSA) is 72.8 Å². The van der Waals surface area contributed by atoms with Gasteiger partial charge in [-0.05, 0) is 67.6 Å². The van der Waals surface area contributed by atoms with Crippen molar-refractivity contribution in [3.05, 3.63) is 58.4 Å². The highest BCUT2D eigenvalue weighted by molar-refractivity contribution is 7.58. The first kappa shape index (κ1) is 24.3. The van der Waals surface area contributed by atoms with Crippen molar-refractivity contribution >= 4 is 13.3 Å². The summed E-state index contributed by atoms with van der Waals surface area (Å²) in [7, 11) is -2.07. The molecule has 2 rings (SSSR count). The van der Waals surface area contributed by atoms with Crippen LogP contribution >= 0.6 is 7.37 Å². The highest BCUT2D eigenvalue weighted by atomic mass is 31.2. The standard InChI is InChI=1S/C23H30FO5P/c1-6-29-30(27,13-19(25)12-23(26)28-5)14-21-16(3)9-15(2)10-20(21)18-7-8-22(24)17(4)11-18/h7-11,19,25H,6,12-14H2,1-5H3. The van der Waals surface area contributed by atoms with Crippen molar-refractivity contribution in [3.63, 3.8) is 0 Å². The summed E-state index contributed by atoms with van der Waals surface area (Å²) in [5.74, 6) is -0.852. The summed E-state index contributed by atoms with van der Waals surface area (Å²) in [6.45, 7) is 7.57. The number of hydrogen-bond donors (Lipinski definition) is 1. The van der Waals surface area contributed by atoms with Gasteiger partial charge in [0.2, 0.25) is 7.37 Å². The molecule has 2 atom stereocenters. The molecule has 0 spiro atoms. The van der Waals surface area contributed by atoms with Crippen LogP contribution in [0.2, 0.25) is 0 Å². The van der Waals surface area contributed by atoms with Gasteiger partial charge in [0.15, 0.2) is 0 Å². The van der Waals surface area contributed by atoms with Gasteiger partial charge in [0.05, 0.1) is 38.6 Å². The predicted octanol–water partition coefficient (Wildman–Crippen LogP) is 5.16. The first-order valence-corrected chi connectivity index (χ1v) is 11.9. The molecular formula is C23H30FO5P. The quantitative estimate of drug-likeness (QED) is 0.434. The van der Waals surface area contributed by atoms with E-state index < -0.39 is 19.4 Å². The molecular weight excluding hydrogens is 406 g/mol. The normalized spacial score (nSPS) is 14.2. The molecule has 0 fully saturated rings. The molecule has 0 heterocycles. The number of carbonyl (C=O) groups is 1. The van der Waals surface area contributed by atoms with Gasteiger partial charge in [-0.25, -0.2) is 4.39 Å². The average molecular weight is 436 g/mol. The van der Waals surface area contributed by atoms with Crippen LogP contribution in [-0.4, -0.2) is 37.1 Å². The monoisotopic (exact) mass is 436 g/mol. The van der Waals surface area contributed by atoms with Crippen LogP contribution in [0.4, 0.5) is 4.39 Å². The van der Waals surface area contributed by atoms with E-state index in [0.717, 1.165) is 27.8 Å². The smallest absolute Gasteiger partial charge is 0.308 e. The Kier molecular flexibility index (Phi) is 8.36. The zero-order valence-electron chi connectivity index (χ0n) is 18.2. The van der Waals surface area contributed by atoms with E-state index in [2.05, 4.69) is 4.74 Å². The molecule has 1 N–H and O–H groups in total. The number of benzene rings is 2. The Balaban J connectivity index is 2.46. The van der Waals surface area contributed by atoms with Gasteiger partial charge in [-0.15, -0.1) is 0 Å². The molecule has 7 heteroatoms. The van der Waals surface area contributed by atoms with Crippen LogP contribution in [0.15, 0.2) is 30.3 Å². The SMILES string of the molecule is CCOP(=O)(Cc1c(C)cc(C)cc1-c1ccc(F)c(C)c1)CC(O)CC(=O)OC. The fraction of sp³-hybridized carbons (Fsp3) is 0.435. The number of esters is 1. The highest BCUT2D eigenvalue weighted by Gasteiger charge is 2.30. The first-order chi connectivity index (χ1) is 14.1. The van der Waals surface area contributed by atoms with E-state index in [1.54, 1.807) is 26.0 Å². The summed E-state index contributed by atoms with van der Waals surface area (Å²) < 4.78 is 37.6. The Hall–Kier alpha value is -2.01. The van der Waals surface area contributed by atoms with E-state index in [1.807, 2.05) is 26.0 Å². The largest absolute Gasteiger partial charge is 0.469 e. The van der Waals surface area contributed by atoms with Crippen molar-refractivity contribution in [3.8, 4) is 11.1 Å². The van der Waals surface area contributed by atoms with Crippen molar-refractivity contribution in [1.29, 1.82) is 0 Å². The van der Waals surface area contributed by atoms with Crippen LogP contribution in [0, 0.1) is 26.6 Å². The Bertz CT molecular complexity index is 957. The number of aryl methyl sites for hydroxylation is 3. The Morgan fingerprint density at radius 1 is 1.17 bits per heavy atom. The number of aliphatic hydroxyl groups excluding tert-OH is 1. The van der Waals surface area contributed by atoms with E-state index >= 15 is 0 Å². The molecule has 0 saturated carbocycles. The minimum atomic E-state index is -3.31. The Labute approximate surface area is 177 Å². The van der Waals surface area contributed by atoms with Crippen LogP contribution in [0.25, 0.3) is 11.1 Å². The molecule has 0 saturated heterocycles. The van der Waals surface area contributed by atoms with Crippen LogP contribution < -0.4 is 0 Å². The third kappa shape index (κ3) is 6.24. The second kappa shape index (κ2) is 10.3. The number of carbonyl (C=O) groups excluding carboxylic acids is 1. The van der Waals surface area contributed by atoms with Gasteiger partial charge in [-0.1, -0.05) is 23.8 Å². The fourth-order valence-electron chi connectivity index (χ4n) is 3.58. The molecule has 2 aromatic carbocycles. The number of rotatable bonds is 9. The number of hydrogen-bond acceptors (Lipinski definition) is 5. The van der Waals surface area contributed by atoms with Gasteiger partial charge >= 0.3 is 5.97 Å². The van der Waals surface area contributed by atoms with Gasteiger partial charge in [0, 0.05) is 0 Å². The number of ether oxygens (including phenoxy) is 1. The van der Waals surface area contributed by atoms with Crippen molar-refractivity contribution in [2.24, 2.45) is 0 Å². The van der Waals surface area contributed by atoms with Crippen LogP contribution in [0.1, 0.15) is 35.6 Å². The minimum absolute atomic E-state index is 0.108. The molecule has 0 aromatic heterocycles. The lowest BCUT2D eigenvalue weighted by Crippen LogP contribution is -2.20. The maximum absolute atomic E-state index is 13.8. The summed E-state index contributed by atoms with van der Waals surface area (Å²) in [4.78, 5) is 11.5. The summed E-state index contributed by atoms with van der Waals surface area (Å²) >= 11 is 0. The predicted molar refractivity (Wildman–Crippen MR) is 116 cm³/mol. The van der Waals surface area contributed by atoms with Gasteiger partial charge in [-0.3, -0.25) is 9.36 Å². The molecule has 5 nitrogen and oxygen atoms in total. The lowest BCUT2D eigenvalue weighted by Gasteiger charge is -2.23. The molecule has 0 amide bonds. The van der Waals surface area contributed by atoms with Gasteiger partial charge in [0.25, 0.3) is 0 Å². The van der Waals surface area contributed by atoms with Crippen LogP contribution in [0.3, 0.4) is 0 Å². The summed E-state index contributed by atoms with van der Waals surface area (Å²) in [6.07, 6.45) is -1.41. The zero-order chi connectivity index (χ0) is 22.5. The highest BCUT2D eigenvalue weighted by Crippen LogP contribution is 2.53. The van der Waals surface area contributed by atoms with Crippen molar-refractivity contribution in [2.45, 2.75) is 46.4 Å².